The molecule has 0 saturated heterocycles. The van der Waals surface area contributed by atoms with E-state index >= 15 is 0 Å². The Kier molecular flexibility index (Phi) is 3.59. The molecule has 1 aliphatic rings. The van der Waals surface area contributed by atoms with Crippen molar-refractivity contribution in [2.24, 2.45) is 0 Å². The molecular weight excluding hydrogens is 253 g/mol. The minimum absolute atomic E-state index is 0.279. The van der Waals surface area contributed by atoms with E-state index in [1.54, 1.807) is 6.07 Å². The van der Waals surface area contributed by atoms with Crippen molar-refractivity contribution in [2.75, 3.05) is 5.32 Å². The van der Waals surface area contributed by atoms with Gasteiger partial charge < -0.3 is 10.4 Å². The number of fused-ring (bicyclic) bond motifs is 1. The maximum Gasteiger partial charge on any atom is 0.165 e. The molecule has 3 heteroatoms. The summed E-state index contributed by atoms with van der Waals surface area (Å²) >= 11 is 0. The molecule has 20 heavy (non-hydrogen) atoms. The number of para-hydroxylation sites is 1. The van der Waals surface area contributed by atoms with Crippen LogP contribution in [-0.4, -0.2) is 11.1 Å². The highest BCUT2D eigenvalue weighted by Gasteiger charge is 2.17. The van der Waals surface area contributed by atoms with Gasteiger partial charge in [-0.1, -0.05) is 24.3 Å². The quantitative estimate of drug-likeness (QED) is 0.887. The van der Waals surface area contributed by atoms with Crippen LogP contribution in [0.2, 0.25) is 0 Å². The van der Waals surface area contributed by atoms with E-state index in [0.717, 1.165) is 31.2 Å². The number of anilines is 1. The Morgan fingerprint density at radius 1 is 1.20 bits per heavy atom. The summed E-state index contributed by atoms with van der Waals surface area (Å²) < 4.78 is 13.3. The van der Waals surface area contributed by atoms with Gasteiger partial charge in [0.05, 0.1) is 0 Å². The molecule has 2 N–H and O–H groups in total. The fourth-order valence-electron chi connectivity index (χ4n) is 2.76. The Hall–Kier alpha value is -2.03. The Balaban J connectivity index is 1.61. The molecule has 0 aliphatic carbocycles. The second kappa shape index (κ2) is 5.53. The largest absolute Gasteiger partial charge is 0.505 e. The maximum absolute atomic E-state index is 13.3. The third-order valence-electron chi connectivity index (χ3n) is 3.93. The van der Waals surface area contributed by atoms with Gasteiger partial charge in [-0.2, -0.15) is 0 Å². The Bertz CT molecular complexity index is 612. The van der Waals surface area contributed by atoms with Gasteiger partial charge >= 0.3 is 0 Å². The zero-order chi connectivity index (χ0) is 13.9. The number of rotatable bonds is 3. The molecule has 1 heterocycles. The van der Waals surface area contributed by atoms with Gasteiger partial charge in [-0.3, -0.25) is 0 Å². The van der Waals surface area contributed by atoms with Crippen LogP contribution in [-0.2, 0) is 12.8 Å². The molecule has 3 rings (SSSR count). The second-order valence-corrected chi connectivity index (χ2v) is 5.36. The lowest BCUT2D eigenvalue weighted by atomic mass is 9.94. The van der Waals surface area contributed by atoms with Crippen LogP contribution in [0.25, 0.3) is 0 Å². The Labute approximate surface area is 118 Å². The first-order valence-electron chi connectivity index (χ1n) is 7.04. The van der Waals surface area contributed by atoms with Gasteiger partial charge in [-0.15, -0.1) is 0 Å². The average Bonchev–Trinajstić information content (AvgIpc) is 2.48. The minimum atomic E-state index is -0.538. The zero-order valence-corrected chi connectivity index (χ0v) is 11.3. The van der Waals surface area contributed by atoms with Crippen LogP contribution in [0.5, 0.6) is 5.75 Å². The summed E-state index contributed by atoms with van der Waals surface area (Å²) in [7, 11) is 0. The van der Waals surface area contributed by atoms with Crippen molar-refractivity contribution >= 4 is 5.69 Å². The molecule has 1 aliphatic heterocycles. The first kappa shape index (κ1) is 13.0. The fraction of sp³-hybridized carbons (Fsp3) is 0.294. The van der Waals surface area contributed by atoms with Gasteiger partial charge in [-0.25, -0.2) is 4.39 Å². The lowest BCUT2D eigenvalue weighted by Crippen LogP contribution is -2.25. The first-order valence-corrected chi connectivity index (χ1v) is 7.04. The van der Waals surface area contributed by atoms with E-state index in [4.69, 9.17) is 0 Å². The van der Waals surface area contributed by atoms with E-state index in [2.05, 4.69) is 23.5 Å². The number of aryl methyl sites for hydroxylation is 2. The normalized spacial score (nSPS) is 17.4. The van der Waals surface area contributed by atoms with Crippen molar-refractivity contribution in [1.82, 2.24) is 0 Å². The lowest BCUT2D eigenvalue weighted by Gasteiger charge is -2.27. The smallest absolute Gasteiger partial charge is 0.165 e. The van der Waals surface area contributed by atoms with E-state index in [1.165, 1.54) is 23.4 Å². The second-order valence-electron chi connectivity index (χ2n) is 5.36. The number of phenolic OH excluding ortho intramolecular Hbond substituents is 1. The molecule has 0 amide bonds. The summed E-state index contributed by atoms with van der Waals surface area (Å²) in [6, 6.07) is 13.5. The molecule has 2 aromatic carbocycles. The summed E-state index contributed by atoms with van der Waals surface area (Å²) in [5.74, 6) is -0.817. The van der Waals surface area contributed by atoms with Gasteiger partial charge in [0.15, 0.2) is 11.6 Å². The molecule has 0 fully saturated rings. The molecule has 0 aromatic heterocycles. The third kappa shape index (κ3) is 2.77. The zero-order valence-electron chi connectivity index (χ0n) is 11.3. The molecule has 0 bridgehead atoms. The summed E-state index contributed by atoms with van der Waals surface area (Å²) in [4.78, 5) is 0. The highest BCUT2D eigenvalue weighted by Crippen LogP contribution is 2.26. The Morgan fingerprint density at radius 3 is 2.90 bits per heavy atom. The molecular formula is C17H18FNO. The van der Waals surface area contributed by atoms with Crippen LogP contribution >= 0.6 is 0 Å². The number of nitrogens with one attached hydrogen (secondary N) is 1. The van der Waals surface area contributed by atoms with E-state index < -0.39 is 5.82 Å². The van der Waals surface area contributed by atoms with Gasteiger partial charge in [0.25, 0.3) is 0 Å². The van der Waals surface area contributed by atoms with Crippen molar-refractivity contribution in [2.45, 2.75) is 31.7 Å². The number of phenols is 1. The number of aromatic hydroxyl groups is 1. The summed E-state index contributed by atoms with van der Waals surface area (Å²) in [5, 5.41) is 12.7. The standard InChI is InChI=1S/C17H18FNO/c18-15-11-12(6-10-17(15)20)5-8-14-9-7-13-3-1-2-4-16(13)19-14/h1-4,6,10-11,14,19-20H,5,7-9H2. The molecule has 0 saturated carbocycles. The number of halogens is 1. The Morgan fingerprint density at radius 2 is 2.05 bits per heavy atom. The van der Waals surface area contributed by atoms with Crippen molar-refractivity contribution < 1.29 is 9.50 Å². The predicted molar refractivity (Wildman–Crippen MR) is 78.6 cm³/mol. The monoisotopic (exact) mass is 271 g/mol. The molecule has 2 nitrogen and oxygen atoms in total. The summed E-state index contributed by atoms with van der Waals surface area (Å²) in [5.41, 5.74) is 3.53. The van der Waals surface area contributed by atoms with Gasteiger partial charge in [-0.05, 0) is 55.0 Å². The molecule has 0 spiro atoms. The van der Waals surface area contributed by atoms with Crippen LogP contribution in [0, 0.1) is 5.82 Å². The van der Waals surface area contributed by atoms with Crippen LogP contribution in [0.15, 0.2) is 42.5 Å². The molecule has 0 radical (unpaired) electrons. The summed E-state index contributed by atoms with van der Waals surface area (Å²) in [6.07, 6.45) is 3.99. The van der Waals surface area contributed by atoms with Crippen molar-refractivity contribution in [3.05, 3.63) is 59.4 Å². The first-order chi connectivity index (χ1) is 9.72. The van der Waals surface area contributed by atoms with Crippen molar-refractivity contribution in [1.29, 1.82) is 0 Å². The van der Waals surface area contributed by atoms with Crippen LogP contribution < -0.4 is 5.32 Å². The maximum atomic E-state index is 13.3. The highest BCUT2D eigenvalue weighted by molar-refractivity contribution is 5.53. The molecule has 104 valence electrons. The fourth-order valence-corrected chi connectivity index (χ4v) is 2.76. The SMILES string of the molecule is Oc1ccc(CCC2CCc3ccccc3N2)cc1F. The number of benzene rings is 2. The van der Waals surface area contributed by atoms with Gasteiger partial charge in [0.2, 0.25) is 0 Å². The summed E-state index contributed by atoms with van der Waals surface area (Å²) in [6.45, 7) is 0. The lowest BCUT2D eigenvalue weighted by molar-refractivity contribution is 0.431. The minimum Gasteiger partial charge on any atom is -0.505 e. The van der Waals surface area contributed by atoms with Gasteiger partial charge in [0.1, 0.15) is 0 Å². The third-order valence-corrected chi connectivity index (χ3v) is 3.93. The molecule has 1 atom stereocenters. The van der Waals surface area contributed by atoms with E-state index in [0.29, 0.717) is 6.04 Å². The topological polar surface area (TPSA) is 32.3 Å². The van der Waals surface area contributed by atoms with Crippen LogP contribution in [0.3, 0.4) is 0 Å². The van der Waals surface area contributed by atoms with Crippen molar-refractivity contribution in [3.8, 4) is 5.75 Å². The number of hydrogen-bond donors (Lipinski definition) is 2. The molecule has 2 aromatic rings. The van der Waals surface area contributed by atoms with E-state index in [-0.39, 0.29) is 5.75 Å². The van der Waals surface area contributed by atoms with E-state index in [9.17, 15) is 9.50 Å². The van der Waals surface area contributed by atoms with E-state index in [1.807, 2.05) is 6.07 Å². The molecule has 1 unspecified atom stereocenters. The number of hydrogen-bond acceptors (Lipinski definition) is 2. The van der Waals surface area contributed by atoms with Gasteiger partial charge in [0, 0.05) is 11.7 Å². The average molecular weight is 271 g/mol. The highest BCUT2D eigenvalue weighted by atomic mass is 19.1. The van der Waals surface area contributed by atoms with Crippen LogP contribution in [0.4, 0.5) is 10.1 Å². The van der Waals surface area contributed by atoms with Crippen LogP contribution in [0.1, 0.15) is 24.0 Å². The predicted octanol–water partition coefficient (Wildman–Crippen LogP) is 3.89. The van der Waals surface area contributed by atoms with Crippen molar-refractivity contribution in [3.63, 3.8) is 0 Å².